The minimum atomic E-state index is -1.01. The minimum absolute atomic E-state index is 0.0334. The molecule has 0 N–H and O–H groups in total. The molecule has 0 bridgehead atoms. The molecule has 76 valence electrons. The average molecular weight is 210 g/mol. The number of ketones is 1. The molecule has 0 aliphatic rings. The maximum absolute atomic E-state index is 11.6. The van der Waals surface area contributed by atoms with Crippen LogP contribution in [0.4, 0.5) is 0 Å². The van der Waals surface area contributed by atoms with Gasteiger partial charge >= 0.3 is 0 Å². The summed E-state index contributed by atoms with van der Waals surface area (Å²) >= 11 is 0. The van der Waals surface area contributed by atoms with E-state index in [2.05, 4.69) is 0 Å². The third-order valence-corrected chi connectivity index (χ3v) is 3.18. The number of benzene rings is 1. The summed E-state index contributed by atoms with van der Waals surface area (Å²) in [4.78, 5) is 11.6. The van der Waals surface area contributed by atoms with Crippen molar-refractivity contribution in [3.63, 3.8) is 0 Å². The van der Waals surface area contributed by atoms with Crippen molar-refractivity contribution in [3.8, 4) is 0 Å². The van der Waals surface area contributed by atoms with E-state index >= 15 is 0 Å². The van der Waals surface area contributed by atoms with E-state index in [9.17, 15) is 9.00 Å². The largest absolute Gasteiger partial charge is 0.293 e. The highest BCUT2D eigenvalue weighted by Gasteiger charge is 2.08. The van der Waals surface area contributed by atoms with E-state index in [4.69, 9.17) is 0 Å². The van der Waals surface area contributed by atoms with Gasteiger partial charge in [-0.2, -0.15) is 0 Å². The number of Topliss-reactive ketones (excluding diaryl/α,β-unsaturated/α-hetero) is 1. The Balaban J connectivity index is 2.75. The molecule has 1 rings (SSSR count). The quantitative estimate of drug-likeness (QED) is 0.712. The Kier molecular flexibility index (Phi) is 4.01. The Bertz CT molecular complexity index is 358. The third kappa shape index (κ3) is 3.07. The van der Waals surface area contributed by atoms with Crippen LogP contribution in [0.5, 0.6) is 0 Å². The minimum Gasteiger partial charge on any atom is -0.293 e. The third-order valence-electron chi connectivity index (χ3n) is 1.95. The lowest BCUT2D eigenvalue weighted by Gasteiger charge is -2.00. The Hall–Kier alpha value is -0.960. The van der Waals surface area contributed by atoms with Crippen molar-refractivity contribution in [2.45, 2.75) is 13.8 Å². The second-order valence-corrected chi connectivity index (χ2v) is 4.91. The molecule has 0 aromatic heterocycles. The zero-order valence-electron chi connectivity index (χ0n) is 8.45. The van der Waals surface area contributed by atoms with Gasteiger partial charge in [0.1, 0.15) is 0 Å². The summed E-state index contributed by atoms with van der Waals surface area (Å²) in [6.07, 6.45) is 0. The molecule has 0 heterocycles. The van der Waals surface area contributed by atoms with Crippen molar-refractivity contribution in [2.24, 2.45) is 0 Å². The van der Waals surface area contributed by atoms with Gasteiger partial charge in [0.05, 0.1) is 5.75 Å². The molecule has 0 saturated carbocycles. The topological polar surface area (TPSA) is 34.1 Å². The van der Waals surface area contributed by atoms with E-state index in [1.54, 1.807) is 6.07 Å². The van der Waals surface area contributed by atoms with E-state index in [0.717, 1.165) is 5.56 Å². The smallest absolute Gasteiger partial charge is 0.175 e. The van der Waals surface area contributed by atoms with Gasteiger partial charge in [0.25, 0.3) is 0 Å². The number of carbonyl (C=O) groups is 1. The van der Waals surface area contributed by atoms with Crippen LogP contribution < -0.4 is 0 Å². The van der Waals surface area contributed by atoms with Gasteiger partial charge < -0.3 is 0 Å². The molecule has 1 atom stereocenters. The molecule has 1 unspecified atom stereocenters. The van der Waals surface area contributed by atoms with Crippen molar-refractivity contribution in [3.05, 3.63) is 35.4 Å². The first-order chi connectivity index (χ1) is 6.63. The normalized spacial score (nSPS) is 12.4. The predicted octanol–water partition coefficient (Wildman–Crippen LogP) is 1.95. The number of carbonyl (C=O) groups excluding carboxylic acids is 1. The Morgan fingerprint density at radius 1 is 1.43 bits per heavy atom. The first-order valence-corrected chi connectivity index (χ1v) is 6.07. The molecule has 0 radical (unpaired) electrons. The monoisotopic (exact) mass is 210 g/mol. The van der Waals surface area contributed by atoms with Crippen molar-refractivity contribution >= 4 is 16.6 Å². The summed E-state index contributed by atoms with van der Waals surface area (Å²) in [6.45, 7) is 3.76. The Labute approximate surface area is 86.8 Å². The van der Waals surface area contributed by atoms with Crippen molar-refractivity contribution in [1.29, 1.82) is 0 Å². The van der Waals surface area contributed by atoms with E-state index in [1.165, 1.54) is 0 Å². The fourth-order valence-electron chi connectivity index (χ4n) is 1.15. The lowest BCUT2D eigenvalue weighted by Crippen LogP contribution is -2.12. The summed E-state index contributed by atoms with van der Waals surface area (Å²) in [7, 11) is -1.01. The lowest BCUT2D eigenvalue weighted by molar-refractivity contribution is 0.102. The van der Waals surface area contributed by atoms with Gasteiger partial charge in [0.2, 0.25) is 0 Å². The number of aryl methyl sites for hydroxylation is 1. The first kappa shape index (κ1) is 11.1. The fourth-order valence-corrected chi connectivity index (χ4v) is 1.81. The number of hydrogen-bond acceptors (Lipinski definition) is 2. The zero-order chi connectivity index (χ0) is 10.6. The van der Waals surface area contributed by atoms with Gasteiger partial charge in [0, 0.05) is 22.1 Å². The molecule has 1 aromatic rings. The highest BCUT2D eigenvalue weighted by molar-refractivity contribution is 7.85. The molecule has 0 aliphatic heterocycles. The maximum atomic E-state index is 11.6. The van der Waals surface area contributed by atoms with Gasteiger partial charge in [-0.25, -0.2) is 0 Å². The Morgan fingerprint density at radius 2 is 2.14 bits per heavy atom. The molecule has 0 aliphatic carbocycles. The van der Waals surface area contributed by atoms with E-state index in [1.807, 2.05) is 32.0 Å². The molecule has 0 saturated heterocycles. The van der Waals surface area contributed by atoms with Crippen molar-refractivity contribution in [2.75, 3.05) is 11.5 Å². The van der Waals surface area contributed by atoms with Crippen LogP contribution in [0.15, 0.2) is 24.3 Å². The zero-order valence-corrected chi connectivity index (χ0v) is 9.26. The van der Waals surface area contributed by atoms with Crippen LogP contribution in [-0.2, 0) is 10.8 Å². The van der Waals surface area contributed by atoms with Gasteiger partial charge in [-0.1, -0.05) is 30.7 Å². The predicted molar refractivity (Wildman–Crippen MR) is 59.1 cm³/mol. The molecule has 1 aromatic carbocycles. The van der Waals surface area contributed by atoms with Crippen LogP contribution in [0.3, 0.4) is 0 Å². The van der Waals surface area contributed by atoms with Crippen LogP contribution in [0.25, 0.3) is 0 Å². The van der Waals surface area contributed by atoms with Crippen LogP contribution >= 0.6 is 0 Å². The van der Waals surface area contributed by atoms with Crippen LogP contribution in [0, 0.1) is 6.92 Å². The van der Waals surface area contributed by atoms with Crippen molar-refractivity contribution in [1.82, 2.24) is 0 Å². The van der Waals surface area contributed by atoms with E-state index < -0.39 is 10.8 Å². The molecular formula is C11H14O2S. The van der Waals surface area contributed by atoms with Gasteiger partial charge in [-0.3, -0.25) is 9.00 Å². The number of rotatable bonds is 4. The SMILES string of the molecule is CCS(=O)CC(=O)c1cccc(C)c1. The summed E-state index contributed by atoms with van der Waals surface area (Å²) in [5, 5.41) is 0. The van der Waals surface area contributed by atoms with Gasteiger partial charge in [-0.15, -0.1) is 0 Å². The standard InChI is InChI=1S/C11H14O2S/c1-3-14(13)8-11(12)10-6-4-5-9(2)7-10/h4-7H,3,8H2,1-2H3. The molecular weight excluding hydrogens is 196 g/mol. The van der Waals surface area contributed by atoms with E-state index in [-0.39, 0.29) is 11.5 Å². The second-order valence-electron chi connectivity index (χ2n) is 3.17. The molecule has 2 nitrogen and oxygen atoms in total. The molecule has 3 heteroatoms. The summed E-state index contributed by atoms with van der Waals surface area (Å²) < 4.78 is 11.2. The van der Waals surface area contributed by atoms with E-state index in [0.29, 0.717) is 11.3 Å². The number of hydrogen-bond donors (Lipinski definition) is 0. The highest BCUT2D eigenvalue weighted by atomic mass is 32.2. The molecule has 0 fully saturated rings. The highest BCUT2D eigenvalue weighted by Crippen LogP contribution is 2.05. The Morgan fingerprint density at radius 3 is 2.71 bits per heavy atom. The van der Waals surface area contributed by atoms with Crippen LogP contribution in [0.1, 0.15) is 22.8 Å². The first-order valence-electron chi connectivity index (χ1n) is 4.58. The van der Waals surface area contributed by atoms with Crippen LogP contribution in [0.2, 0.25) is 0 Å². The lowest BCUT2D eigenvalue weighted by atomic mass is 10.1. The summed E-state index contributed by atoms with van der Waals surface area (Å²) in [6, 6.07) is 7.38. The van der Waals surface area contributed by atoms with Crippen LogP contribution in [-0.4, -0.2) is 21.5 Å². The second kappa shape index (κ2) is 5.05. The van der Waals surface area contributed by atoms with Gasteiger partial charge in [-0.05, 0) is 13.0 Å². The molecule has 14 heavy (non-hydrogen) atoms. The van der Waals surface area contributed by atoms with Crippen molar-refractivity contribution < 1.29 is 9.00 Å². The maximum Gasteiger partial charge on any atom is 0.175 e. The summed E-state index contributed by atoms with van der Waals surface area (Å²) in [5.41, 5.74) is 1.71. The summed E-state index contributed by atoms with van der Waals surface area (Å²) in [5.74, 6) is 0.645. The molecule has 0 amide bonds. The average Bonchev–Trinajstić information content (AvgIpc) is 2.17. The fraction of sp³-hybridized carbons (Fsp3) is 0.364. The molecule has 0 spiro atoms. The van der Waals surface area contributed by atoms with Gasteiger partial charge in [0.15, 0.2) is 5.78 Å².